The van der Waals surface area contributed by atoms with Crippen molar-refractivity contribution in [3.05, 3.63) is 40.4 Å². The molecule has 15 heavy (non-hydrogen) atoms. The molecule has 0 saturated heterocycles. The van der Waals surface area contributed by atoms with Gasteiger partial charge in [-0.2, -0.15) is 0 Å². The first-order valence-corrected chi connectivity index (χ1v) is 5.91. The van der Waals surface area contributed by atoms with E-state index in [0.29, 0.717) is 6.61 Å². The average molecular weight is 268 g/mol. The molecule has 2 rings (SSSR count). The Morgan fingerprint density at radius 2 is 2.07 bits per heavy atom. The molecule has 2 nitrogen and oxygen atoms in total. The molecule has 0 bridgehead atoms. The summed E-state index contributed by atoms with van der Waals surface area (Å²) >= 11 is 3.40. The molecule has 3 heteroatoms. The molecular formula is C12H14BrNO. The van der Waals surface area contributed by atoms with Crippen molar-refractivity contribution in [1.29, 1.82) is 0 Å². The summed E-state index contributed by atoms with van der Waals surface area (Å²) in [5, 5.41) is 3.32. The van der Waals surface area contributed by atoms with Crippen LogP contribution >= 0.6 is 15.9 Å². The van der Waals surface area contributed by atoms with E-state index in [1.165, 1.54) is 5.57 Å². The molecule has 0 aliphatic carbocycles. The van der Waals surface area contributed by atoms with Crippen LogP contribution in [-0.4, -0.2) is 19.7 Å². The summed E-state index contributed by atoms with van der Waals surface area (Å²) in [6, 6.07) is 7.92. The Balaban J connectivity index is 1.87. The van der Waals surface area contributed by atoms with Crippen molar-refractivity contribution in [2.75, 3.05) is 19.7 Å². The van der Waals surface area contributed by atoms with Crippen molar-refractivity contribution in [3.63, 3.8) is 0 Å². The molecule has 0 atom stereocenters. The van der Waals surface area contributed by atoms with Gasteiger partial charge in [-0.15, -0.1) is 0 Å². The maximum absolute atomic E-state index is 5.67. The van der Waals surface area contributed by atoms with E-state index in [-0.39, 0.29) is 0 Å². The molecule has 0 unspecified atom stereocenters. The summed E-state index contributed by atoms with van der Waals surface area (Å²) in [5.41, 5.74) is 1.34. The predicted molar refractivity (Wildman–Crippen MR) is 65.2 cm³/mol. The topological polar surface area (TPSA) is 21.3 Å². The first kappa shape index (κ1) is 10.7. The molecule has 1 aromatic rings. The fraction of sp³-hybridized carbons (Fsp3) is 0.333. The Morgan fingerprint density at radius 1 is 1.27 bits per heavy atom. The molecule has 1 N–H and O–H groups in total. The average Bonchev–Trinajstić information content (AvgIpc) is 2.30. The van der Waals surface area contributed by atoms with Gasteiger partial charge in [-0.25, -0.2) is 0 Å². The van der Waals surface area contributed by atoms with E-state index in [1.807, 2.05) is 24.3 Å². The first-order chi connectivity index (χ1) is 7.34. The highest BCUT2D eigenvalue weighted by Gasteiger charge is 2.03. The number of rotatable bonds is 3. The third kappa shape index (κ3) is 3.36. The number of halogens is 1. The van der Waals surface area contributed by atoms with Crippen molar-refractivity contribution >= 4 is 15.9 Å². The van der Waals surface area contributed by atoms with Gasteiger partial charge in [-0.3, -0.25) is 0 Å². The van der Waals surface area contributed by atoms with E-state index in [1.54, 1.807) is 0 Å². The van der Waals surface area contributed by atoms with Crippen molar-refractivity contribution in [1.82, 2.24) is 5.32 Å². The Hall–Kier alpha value is -0.800. The normalized spacial score (nSPS) is 15.9. The summed E-state index contributed by atoms with van der Waals surface area (Å²) < 4.78 is 6.75. The summed E-state index contributed by atoms with van der Waals surface area (Å²) in [6.07, 6.45) is 3.37. The standard InChI is InChI=1S/C12H14BrNO/c13-11-3-5-12(6-4-11)15-9-10-2-1-7-14-8-10/h2-6,14H,1,7-9H2. The zero-order chi connectivity index (χ0) is 10.5. The number of hydrogen-bond donors (Lipinski definition) is 1. The van der Waals surface area contributed by atoms with E-state index in [2.05, 4.69) is 27.3 Å². The molecule has 0 saturated carbocycles. The van der Waals surface area contributed by atoms with Gasteiger partial charge in [0, 0.05) is 11.0 Å². The van der Waals surface area contributed by atoms with Gasteiger partial charge >= 0.3 is 0 Å². The van der Waals surface area contributed by atoms with Gasteiger partial charge in [-0.1, -0.05) is 22.0 Å². The van der Waals surface area contributed by atoms with Crippen molar-refractivity contribution < 1.29 is 4.74 Å². The molecule has 0 aromatic heterocycles. The molecule has 0 amide bonds. The Kier molecular flexibility index (Phi) is 3.80. The monoisotopic (exact) mass is 267 g/mol. The lowest BCUT2D eigenvalue weighted by Crippen LogP contribution is -2.24. The molecule has 1 heterocycles. The Morgan fingerprint density at radius 3 is 2.73 bits per heavy atom. The highest BCUT2D eigenvalue weighted by Crippen LogP contribution is 2.16. The second-order valence-corrected chi connectivity index (χ2v) is 4.49. The fourth-order valence-corrected chi connectivity index (χ4v) is 1.78. The van der Waals surface area contributed by atoms with Crippen molar-refractivity contribution in [2.45, 2.75) is 6.42 Å². The van der Waals surface area contributed by atoms with E-state index in [4.69, 9.17) is 4.74 Å². The predicted octanol–water partition coefficient (Wildman–Crippen LogP) is 2.75. The SMILES string of the molecule is Brc1ccc(OCC2=CCCNC2)cc1. The highest BCUT2D eigenvalue weighted by molar-refractivity contribution is 9.10. The molecule has 80 valence electrons. The van der Waals surface area contributed by atoms with E-state index < -0.39 is 0 Å². The Labute approximate surface area is 98.5 Å². The highest BCUT2D eigenvalue weighted by atomic mass is 79.9. The van der Waals surface area contributed by atoms with Crippen molar-refractivity contribution in [3.8, 4) is 5.75 Å². The lowest BCUT2D eigenvalue weighted by Gasteiger charge is -2.14. The second kappa shape index (κ2) is 5.33. The minimum absolute atomic E-state index is 0.689. The second-order valence-electron chi connectivity index (χ2n) is 3.57. The fourth-order valence-electron chi connectivity index (χ4n) is 1.52. The lowest BCUT2D eigenvalue weighted by atomic mass is 10.2. The number of nitrogens with one attached hydrogen (secondary N) is 1. The van der Waals surface area contributed by atoms with E-state index >= 15 is 0 Å². The quantitative estimate of drug-likeness (QED) is 0.851. The summed E-state index contributed by atoms with van der Waals surface area (Å²) in [7, 11) is 0. The Bertz CT molecular complexity index is 345. The van der Waals surface area contributed by atoms with Gasteiger partial charge in [-0.05, 0) is 42.8 Å². The van der Waals surface area contributed by atoms with E-state index in [0.717, 1.165) is 29.7 Å². The minimum Gasteiger partial charge on any atom is -0.489 e. The zero-order valence-electron chi connectivity index (χ0n) is 8.50. The van der Waals surface area contributed by atoms with Crippen LogP contribution in [0.1, 0.15) is 6.42 Å². The van der Waals surface area contributed by atoms with Gasteiger partial charge < -0.3 is 10.1 Å². The van der Waals surface area contributed by atoms with Gasteiger partial charge in [0.1, 0.15) is 12.4 Å². The van der Waals surface area contributed by atoms with Gasteiger partial charge in [0.2, 0.25) is 0 Å². The third-order valence-corrected chi connectivity index (χ3v) is 2.87. The number of benzene rings is 1. The summed E-state index contributed by atoms with van der Waals surface area (Å²) in [6.45, 7) is 2.73. The van der Waals surface area contributed by atoms with Crippen LogP contribution in [0.3, 0.4) is 0 Å². The maximum atomic E-state index is 5.67. The molecule has 0 spiro atoms. The van der Waals surface area contributed by atoms with Crippen molar-refractivity contribution in [2.24, 2.45) is 0 Å². The largest absolute Gasteiger partial charge is 0.489 e. The molecule has 1 aliphatic heterocycles. The van der Waals surface area contributed by atoms with E-state index in [9.17, 15) is 0 Å². The molecule has 0 radical (unpaired) electrons. The number of ether oxygens (including phenoxy) is 1. The zero-order valence-corrected chi connectivity index (χ0v) is 10.1. The summed E-state index contributed by atoms with van der Waals surface area (Å²) in [4.78, 5) is 0. The van der Waals surface area contributed by atoms with Crippen LogP contribution in [-0.2, 0) is 0 Å². The van der Waals surface area contributed by atoms with Crippen LogP contribution in [0.15, 0.2) is 40.4 Å². The van der Waals surface area contributed by atoms with Gasteiger partial charge in [0.25, 0.3) is 0 Å². The van der Waals surface area contributed by atoms with Crippen LogP contribution in [0.2, 0.25) is 0 Å². The molecular weight excluding hydrogens is 254 g/mol. The van der Waals surface area contributed by atoms with Gasteiger partial charge in [0.15, 0.2) is 0 Å². The molecule has 0 fully saturated rings. The molecule has 1 aromatic carbocycles. The van der Waals surface area contributed by atoms with Crippen LogP contribution in [0.25, 0.3) is 0 Å². The third-order valence-electron chi connectivity index (χ3n) is 2.34. The smallest absolute Gasteiger partial charge is 0.119 e. The molecule has 1 aliphatic rings. The lowest BCUT2D eigenvalue weighted by molar-refractivity contribution is 0.345. The number of hydrogen-bond acceptors (Lipinski definition) is 2. The van der Waals surface area contributed by atoms with Crippen LogP contribution < -0.4 is 10.1 Å². The van der Waals surface area contributed by atoms with Gasteiger partial charge in [0.05, 0.1) is 0 Å². The maximum Gasteiger partial charge on any atom is 0.119 e. The van der Waals surface area contributed by atoms with Crippen LogP contribution in [0.4, 0.5) is 0 Å². The summed E-state index contributed by atoms with van der Waals surface area (Å²) in [5.74, 6) is 0.921. The first-order valence-electron chi connectivity index (χ1n) is 5.11. The minimum atomic E-state index is 0.689. The van der Waals surface area contributed by atoms with Crippen LogP contribution in [0.5, 0.6) is 5.75 Å². The van der Waals surface area contributed by atoms with Crippen LogP contribution in [0, 0.1) is 0 Å².